The van der Waals surface area contributed by atoms with E-state index in [2.05, 4.69) is 75.7 Å². The van der Waals surface area contributed by atoms with E-state index in [-0.39, 0.29) is 51.7 Å². The van der Waals surface area contributed by atoms with Gasteiger partial charge < -0.3 is 38.6 Å². The van der Waals surface area contributed by atoms with E-state index in [1.165, 1.54) is 19.5 Å². The summed E-state index contributed by atoms with van der Waals surface area (Å²) in [4.78, 5) is 26.9. The van der Waals surface area contributed by atoms with Gasteiger partial charge in [0.05, 0.1) is 25.6 Å². The predicted molar refractivity (Wildman–Crippen MR) is 173 cm³/mol. The maximum atomic E-state index is 13.9. The first kappa shape index (κ1) is 33.3. The summed E-state index contributed by atoms with van der Waals surface area (Å²) in [5.74, 6) is -0.369. The highest BCUT2D eigenvalue weighted by molar-refractivity contribution is 6.84. The molecule has 15 heteroatoms. The quantitative estimate of drug-likeness (QED) is 0.285. The lowest BCUT2D eigenvalue weighted by Gasteiger charge is -2.51. The highest BCUT2D eigenvalue weighted by atomic mass is 28.5. The van der Waals surface area contributed by atoms with Crippen LogP contribution in [0, 0.1) is 0 Å². The number of fused-ring (bicyclic) bond motifs is 2. The number of nitrogen functional groups attached to an aromatic ring is 1. The molecule has 0 spiro atoms. The molecule has 5 rings (SSSR count). The molecule has 1 aromatic carbocycles. The minimum Gasteiger partial charge on any atom is -0.504 e. The van der Waals surface area contributed by atoms with E-state index in [1.54, 1.807) is 23.0 Å². The number of aromatic nitrogens is 4. The van der Waals surface area contributed by atoms with Gasteiger partial charge in [-0.2, -0.15) is 0 Å². The van der Waals surface area contributed by atoms with E-state index >= 15 is 0 Å². The third kappa shape index (κ3) is 5.63. The molecule has 4 heterocycles. The molecule has 0 saturated carbocycles. The van der Waals surface area contributed by atoms with Crippen molar-refractivity contribution in [1.29, 1.82) is 0 Å². The van der Waals surface area contributed by atoms with Crippen LogP contribution in [0.4, 0.5) is 5.82 Å². The van der Waals surface area contributed by atoms with Gasteiger partial charge >= 0.3 is 17.1 Å². The van der Waals surface area contributed by atoms with Crippen LogP contribution in [0.5, 0.6) is 11.5 Å². The number of hydrogen-bond acceptors (Lipinski definition) is 11. The van der Waals surface area contributed by atoms with Gasteiger partial charge in [0.1, 0.15) is 30.1 Å². The first-order valence-corrected chi connectivity index (χ1v) is 19.5. The summed E-state index contributed by atoms with van der Waals surface area (Å²) in [5.41, 5.74) is 7.47. The van der Waals surface area contributed by atoms with Crippen LogP contribution in [-0.2, 0) is 17.7 Å². The topological polar surface area (TPSA) is 165 Å². The number of nitrogens with two attached hydrogens (primary N) is 1. The number of ether oxygens (including phenoxy) is 2. The number of benzene rings is 1. The second-order valence-corrected chi connectivity index (χ2v) is 21.9. The van der Waals surface area contributed by atoms with Gasteiger partial charge in [0, 0.05) is 0 Å². The Balaban J connectivity index is 1.65. The first-order chi connectivity index (χ1) is 21.3. The Morgan fingerprint density at radius 3 is 2.33 bits per heavy atom. The fraction of sp³-hybridized carbons (Fsp3) is 0.600. The number of aromatic hydroxyl groups is 1. The molecule has 13 nitrogen and oxygen atoms in total. The summed E-state index contributed by atoms with van der Waals surface area (Å²) in [5, 5.41) is 14.0. The molecule has 2 aromatic heterocycles. The van der Waals surface area contributed by atoms with Crippen molar-refractivity contribution in [2.24, 2.45) is 0 Å². The molecule has 2 aliphatic heterocycles. The van der Waals surface area contributed by atoms with Gasteiger partial charge in [-0.15, -0.1) is 0 Å². The van der Waals surface area contributed by atoms with Crippen LogP contribution in [0.1, 0.15) is 72.0 Å². The summed E-state index contributed by atoms with van der Waals surface area (Å²) in [7, 11) is -4.48. The third-order valence-electron chi connectivity index (χ3n) is 9.10. The molecule has 0 unspecified atom stereocenters. The summed E-state index contributed by atoms with van der Waals surface area (Å²) in [6.45, 7) is 17.4. The molecule has 45 heavy (non-hydrogen) atoms. The lowest BCUT2D eigenvalue weighted by molar-refractivity contribution is -0.0547. The zero-order valence-electron chi connectivity index (χ0n) is 27.5. The molecule has 2 aliphatic rings. The first-order valence-electron chi connectivity index (χ1n) is 15.5. The van der Waals surface area contributed by atoms with E-state index in [1.807, 2.05) is 0 Å². The van der Waals surface area contributed by atoms with Crippen molar-refractivity contribution in [3.05, 3.63) is 36.4 Å². The van der Waals surface area contributed by atoms with Gasteiger partial charge in [-0.1, -0.05) is 61.5 Å². The lowest BCUT2D eigenvalue weighted by atomic mass is 10.1. The summed E-state index contributed by atoms with van der Waals surface area (Å²) >= 11 is 0. The number of carbonyl (C=O) groups excluding carboxylic acids is 1. The zero-order valence-corrected chi connectivity index (χ0v) is 29.5. The minimum absolute atomic E-state index is 0.0548. The Kier molecular flexibility index (Phi) is 9.32. The van der Waals surface area contributed by atoms with Crippen LogP contribution in [0.15, 0.2) is 30.9 Å². The Morgan fingerprint density at radius 1 is 1.04 bits per heavy atom. The monoisotopic (exact) mass is 658 g/mol. The number of rotatable bonds is 8. The number of imidazole rings is 1. The van der Waals surface area contributed by atoms with Gasteiger partial charge in [-0.05, 0) is 34.3 Å². The van der Waals surface area contributed by atoms with E-state index in [0.717, 1.165) is 0 Å². The van der Waals surface area contributed by atoms with Crippen LogP contribution >= 0.6 is 0 Å². The Hall–Kier alpha value is -3.09. The molecule has 2 saturated heterocycles. The fourth-order valence-electron chi connectivity index (χ4n) is 6.70. The number of phenolic OH excluding ortho intramolecular Hbond substituents is 1. The number of para-hydroxylation sites is 1. The molecule has 0 bridgehead atoms. The molecule has 1 amide bonds. The molecular weight excluding hydrogens is 613 g/mol. The van der Waals surface area contributed by atoms with Crippen molar-refractivity contribution in [2.45, 2.75) is 102 Å². The van der Waals surface area contributed by atoms with Crippen molar-refractivity contribution >= 4 is 40.0 Å². The van der Waals surface area contributed by atoms with Crippen molar-refractivity contribution in [3.63, 3.8) is 0 Å². The van der Waals surface area contributed by atoms with Crippen LogP contribution in [0.3, 0.4) is 0 Å². The van der Waals surface area contributed by atoms with Gasteiger partial charge in [0.25, 0.3) is 5.91 Å². The Bertz CT molecular complexity index is 1520. The van der Waals surface area contributed by atoms with Crippen molar-refractivity contribution < 1.29 is 32.3 Å². The summed E-state index contributed by atoms with van der Waals surface area (Å²) in [6, 6.07) is 4.01. The van der Waals surface area contributed by atoms with E-state index in [9.17, 15) is 9.90 Å². The normalized spacial score (nSPS) is 24.6. The largest absolute Gasteiger partial charge is 0.504 e. The number of methoxy groups -OCH3 is 1. The molecule has 3 aromatic rings. The number of hydrogen-bond donors (Lipinski definition) is 3. The lowest BCUT2D eigenvalue weighted by Crippen LogP contribution is -2.66. The SMILES string of the molecule is COc1cccc(C(=O)N[C@@H]2[C@@H]3O[Si](C(C)C)(C(C)C)O[Si](C(C)C)(C(C)C)OC[C@H]3O[C@H]2n2cnc3c(N)ncnc32)c1O. The van der Waals surface area contributed by atoms with Crippen LogP contribution < -0.4 is 15.8 Å². The van der Waals surface area contributed by atoms with Crippen molar-refractivity contribution in [3.8, 4) is 11.5 Å². The number of nitrogens with zero attached hydrogens (tertiary/aromatic N) is 4. The van der Waals surface area contributed by atoms with E-state index in [0.29, 0.717) is 11.2 Å². The minimum atomic E-state index is -3.08. The maximum absolute atomic E-state index is 13.9. The van der Waals surface area contributed by atoms with Crippen molar-refractivity contribution in [2.75, 3.05) is 19.5 Å². The molecule has 0 radical (unpaired) electrons. The standard InChI is InChI=1S/C30H46N6O7Si2/c1-16(2)44(17(3)4)40-13-22-26(42-45(43-44,18(5)6)19(7)8)23(35-29(38)20-11-10-12-21(39-9)25(20)37)30(41-22)36-15-34-24-27(31)32-14-33-28(24)36/h10-12,14-19,22-23,26,30,37H,13H2,1-9H3,(H,35,38)(H2,31,32,33)/t22-,23-,26-,30-/m1/s1. The molecule has 4 atom stereocenters. The summed E-state index contributed by atoms with van der Waals surface area (Å²) < 4.78 is 35.4. The Morgan fingerprint density at radius 2 is 1.71 bits per heavy atom. The highest BCUT2D eigenvalue weighted by Crippen LogP contribution is 2.48. The highest BCUT2D eigenvalue weighted by Gasteiger charge is 2.62. The van der Waals surface area contributed by atoms with E-state index in [4.69, 9.17) is 28.2 Å². The van der Waals surface area contributed by atoms with Gasteiger partial charge in [0.15, 0.2) is 29.2 Å². The van der Waals surface area contributed by atoms with Crippen LogP contribution in [0.25, 0.3) is 11.2 Å². The van der Waals surface area contributed by atoms with Gasteiger partial charge in [0.2, 0.25) is 0 Å². The van der Waals surface area contributed by atoms with Crippen LogP contribution in [-0.4, -0.2) is 79.6 Å². The predicted octanol–water partition coefficient (Wildman–Crippen LogP) is 4.78. The number of anilines is 1. The molecule has 0 aliphatic carbocycles. The number of amides is 1. The molecule has 2 fully saturated rings. The van der Waals surface area contributed by atoms with E-state index < -0.39 is 47.5 Å². The average molecular weight is 659 g/mol. The second-order valence-electron chi connectivity index (χ2n) is 13.1. The number of nitrogens with one attached hydrogen (secondary N) is 1. The number of phenols is 1. The van der Waals surface area contributed by atoms with Crippen molar-refractivity contribution in [1.82, 2.24) is 24.8 Å². The fourth-order valence-corrected chi connectivity index (χ4v) is 17.9. The number of carbonyl (C=O) groups is 1. The Labute approximate surface area is 266 Å². The third-order valence-corrected chi connectivity index (χ3v) is 19.3. The van der Waals surface area contributed by atoms with Crippen LogP contribution in [0.2, 0.25) is 22.2 Å². The smallest absolute Gasteiger partial charge is 0.335 e. The zero-order chi connectivity index (χ0) is 32.8. The molecule has 246 valence electrons. The second kappa shape index (κ2) is 12.6. The maximum Gasteiger partial charge on any atom is 0.335 e. The summed E-state index contributed by atoms with van der Waals surface area (Å²) in [6.07, 6.45) is 0.914. The molecular formula is C30H46N6O7Si2. The van der Waals surface area contributed by atoms with Gasteiger partial charge in [-0.3, -0.25) is 9.36 Å². The average Bonchev–Trinajstić information content (AvgIpc) is 3.54. The van der Waals surface area contributed by atoms with Gasteiger partial charge in [-0.25, -0.2) is 15.0 Å². The molecule has 4 N–H and O–H groups in total.